The molecule has 3 aromatic rings. The molecular formula is C22H27N5O2S. The van der Waals surface area contributed by atoms with Gasteiger partial charge in [-0.3, -0.25) is 9.78 Å². The van der Waals surface area contributed by atoms with Gasteiger partial charge in [0, 0.05) is 47.0 Å². The maximum absolute atomic E-state index is 12.9. The maximum atomic E-state index is 12.9. The minimum absolute atomic E-state index is 0.123. The number of aromatic nitrogens is 3. The smallest absolute Gasteiger partial charge is 0.227 e. The molecule has 1 N–H and O–H groups in total. The number of carbonyl (C=O) groups is 1. The number of thiazole rings is 1. The molecule has 158 valence electrons. The van der Waals surface area contributed by atoms with E-state index in [4.69, 9.17) is 9.51 Å². The number of hydrogen-bond donors (Lipinski definition) is 1. The third-order valence-electron chi connectivity index (χ3n) is 5.55. The first kappa shape index (κ1) is 20.5. The van der Waals surface area contributed by atoms with Crippen LogP contribution in [0, 0.1) is 27.7 Å². The van der Waals surface area contributed by atoms with E-state index in [-0.39, 0.29) is 11.8 Å². The Morgan fingerprint density at radius 2 is 2.07 bits per heavy atom. The standard InChI is InChI=1S/C22H27N5O2S/c1-13-8-18(25-22-24-14(2)12-30-22)9-20(23-13)17-6-5-7-27(11-17)21(28)10-19-15(3)26-29-16(19)4/h8-9,12,17H,5-7,10-11H2,1-4H3,(H,23,24,25). The highest BCUT2D eigenvalue weighted by Gasteiger charge is 2.27. The molecule has 0 spiro atoms. The van der Waals surface area contributed by atoms with E-state index in [0.717, 1.165) is 64.3 Å². The minimum atomic E-state index is 0.123. The fourth-order valence-electron chi connectivity index (χ4n) is 3.97. The van der Waals surface area contributed by atoms with Crippen molar-refractivity contribution in [3.05, 3.63) is 51.6 Å². The van der Waals surface area contributed by atoms with Gasteiger partial charge in [0.05, 0.1) is 17.8 Å². The van der Waals surface area contributed by atoms with Crippen molar-refractivity contribution in [2.45, 2.75) is 52.9 Å². The van der Waals surface area contributed by atoms with Gasteiger partial charge in [-0.05, 0) is 52.7 Å². The van der Waals surface area contributed by atoms with Gasteiger partial charge < -0.3 is 14.7 Å². The van der Waals surface area contributed by atoms with Gasteiger partial charge in [0.25, 0.3) is 0 Å². The zero-order chi connectivity index (χ0) is 21.3. The zero-order valence-corrected chi connectivity index (χ0v) is 18.7. The normalized spacial score (nSPS) is 16.7. The third kappa shape index (κ3) is 4.53. The van der Waals surface area contributed by atoms with Gasteiger partial charge >= 0.3 is 0 Å². The van der Waals surface area contributed by atoms with Crippen LogP contribution in [0.5, 0.6) is 0 Å². The first-order valence-electron chi connectivity index (χ1n) is 10.3. The van der Waals surface area contributed by atoms with E-state index in [9.17, 15) is 4.79 Å². The lowest BCUT2D eigenvalue weighted by atomic mass is 9.93. The van der Waals surface area contributed by atoms with Gasteiger partial charge in [-0.25, -0.2) is 4.98 Å². The molecule has 1 aliphatic rings. The number of likely N-dealkylation sites (tertiary alicyclic amines) is 1. The molecule has 7 nitrogen and oxygen atoms in total. The fourth-order valence-corrected chi connectivity index (χ4v) is 4.68. The molecular weight excluding hydrogens is 398 g/mol. The number of hydrogen-bond acceptors (Lipinski definition) is 7. The van der Waals surface area contributed by atoms with Gasteiger partial charge in [-0.15, -0.1) is 11.3 Å². The minimum Gasteiger partial charge on any atom is -0.361 e. The predicted octanol–water partition coefficient (Wildman–Crippen LogP) is 4.45. The van der Waals surface area contributed by atoms with E-state index >= 15 is 0 Å². The maximum Gasteiger partial charge on any atom is 0.227 e. The van der Waals surface area contributed by atoms with Crippen LogP contribution < -0.4 is 5.32 Å². The molecule has 1 aliphatic heterocycles. The van der Waals surface area contributed by atoms with Crippen molar-refractivity contribution >= 4 is 28.1 Å². The van der Waals surface area contributed by atoms with Crippen LogP contribution >= 0.6 is 11.3 Å². The van der Waals surface area contributed by atoms with Crippen molar-refractivity contribution in [1.82, 2.24) is 20.0 Å². The molecule has 30 heavy (non-hydrogen) atoms. The van der Waals surface area contributed by atoms with Crippen molar-refractivity contribution in [3.8, 4) is 0 Å². The lowest BCUT2D eigenvalue weighted by Gasteiger charge is -2.33. The Morgan fingerprint density at radius 3 is 2.77 bits per heavy atom. The van der Waals surface area contributed by atoms with E-state index in [1.54, 1.807) is 11.3 Å². The summed E-state index contributed by atoms with van der Waals surface area (Å²) in [6, 6.07) is 4.13. The van der Waals surface area contributed by atoms with Crippen molar-refractivity contribution in [3.63, 3.8) is 0 Å². The summed E-state index contributed by atoms with van der Waals surface area (Å²) in [7, 11) is 0. The Hall–Kier alpha value is -2.74. The van der Waals surface area contributed by atoms with Crippen molar-refractivity contribution in [1.29, 1.82) is 0 Å². The first-order chi connectivity index (χ1) is 14.4. The Labute approximate surface area is 180 Å². The van der Waals surface area contributed by atoms with Crippen molar-refractivity contribution in [2.24, 2.45) is 0 Å². The highest BCUT2D eigenvalue weighted by molar-refractivity contribution is 7.13. The molecule has 1 unspecified atom stereocenters. The van der Waals surface area contributed by atoms with Crippen LogP contribution in [0.3, 0.4) is 0 Å². The van der Waals surface area contributed by atoms with E-state index in [2.05, 4.69) is 21.5 Å². The largest absolute Gasteiger partial charge is 0.361 e. The average Bonchev–Trinajstić information content (AvgIpc) is 3.27. The number of anilines is 2. The summed E-state index contributed by atoms with van der Waals surface area (Å²) in [6.07, 6.45) is 2.34. The summed E-state index contributed by atoms with van der Waals surface area (Å²) in [5.41, 5.74) is 5.69. The molecule has 0 aromatic carbocycles. The Kier molecular flexibility index (Phi) is 5.85. The highest BCUT2D eigenvalue weighted by Crippen LogP contribution is 2.30. The van der Waals surface area contributed by atoms with Crippen LogP contribution in [-0.4, -0.2) is 39.0 Å². The summed E-state index contributed by atoms with van der Waals surface area (Å²) in [5.74, 6) is 1.08. The quantitative estimate of drug-likeness (QED) is 0.650. The second kappa shape index (κ2) is 8.55. The van der Waals surface area contributed by atoms with Crippen LogP contribution in [0.4, 0.5) is 10.8 Å². The first-order valence-corrected chi connectivity index (χ1v) is 11.1. The summed E-state index contributed by atoms with van der Waals surface area (Å²) in [4.78, 5) is 24.2. The van der Waals surface area contributed by atoms with Crippen LogP contribution in [0.1, 0.15) is 52.9 Å². The van der Waals surface area contributed by atoms with E-state index in [1.807, 2.05) is 44.0 Å². The highest BCUT2D eigenvalue weighted by atomic mass is 32.1. The molecule has 0 saturated carbocycles. The molecule has 0 bridgehead atoms. The van der Waals surface area contributed by atoms with Crippen LogP contribution in [0.15, 0.2) is 22.0 Å². The monoisotopic (exact) mass is 425 g/mol. The Morgan fingerprint density at radius 1 is 1.23 bits per heavy atom. The zero-order valence-electron chi connectivity index (χ0n) is 17.9. The van der Waals surface area contributed by atoms with Crippen LogP contribution in [0.25, 0.3) is 0 Å². The topological polar surface area (TPSA) is 84.2 Å². The number of nitrogens with one attached hydrogen (secondary N) is 1. The fraction of sp³-hybridized carbons (Fsp3) is 0.455. The number of pyridine rings is 1. The summed E-state index contributed by atoms with van der Waals surface area (Å²) >= 11 is 1.59. The molecule has 0 aliphatic carbocycles. The lowest BCUT2D eigenvalue weighted by Crippen LogP contribution is -2.40. The van der Waals surface area contributed by atoms with Crippen molar-refractivity contribution < 1.29 is 9.32 Å². The number of piperidine rings is 1. The van der Waals surface area contributed by atoms with E-state index in [1.165, 1.54) is 0 Å². The second-order valence-electron chi connectivity index (χ2n) is 8.00. The number of amides is 1. The van der Waals surface area contributed by atoms with Crippen molar-refractivity contribution in [2.75, 3.05) is 18.4 Å². The van der Waals surface area contributed by atoms with Gasteiger partial charge in [0.2, 0.25) is 5.91 Å². The molecule has 8 heteroatoms. The molecule has 0 radical (unpaired) electrons. The van der Waals surface area contributed by atoms with Gasteiger partial charge in [-0.2, -0.15) is 0 Å². The SMILES string of the molecule is Cc1cc(Nc2nc(C)cs2)cc(C2CCCN(C(=O)Cc3c(C)noc3C)C2)n1. The summed E-state index contributed by atoms with van der Waals surface area (Å²) in [6.45, 7) is 9.21. The molecule has 1 atom stereocenters. The van der Waals surface area contributed by atoms with Crippen LogP contribution in [-0.2, 0) is 11.2 Å². The lowest BCUT2D eigenvalue weighted by molar-refractivity contribution is -0.131. The van der Waals surface area contributed by atoms with Gasteiger partial charge in [0.1, 0.15) is 5.76 Å². The molecule has 1 fully saturated rings. The molecule has 1 saturated heterocycles. The molecule has 4 rings (SSSR count). The molecule has 3 aromatic heterocycles. The molecule has 4 heterocycles. The second-order valence-corrected chi connectivity index (χ2v) is 8.86. The average molecular weight is 426 g/mol. The third-order valence-corrected chi connectivity index (χ3v) is 6.42. The summed E-state index contributed by atoms with van der Waals surface area (Å²) < 4.78 is 5.21. The molecule has 1 amide bonds. The number of aryl methyl sites for hydroxylation is 4. The Bertz CT molecular complexity index is 1040. The predicted molar refractivity (Wildman–Crippen MR) is 117 cm³/mol. The van der Waals surface area contributed by atoms with Gasteiger partial charge in [0.15, 0.2) is 5.13 Å². The van der Waals surface area contributed by atoms with Gasteiger partial charge in [-0.1, -0.05) is 5.16 Å². The van der Waals surface area contributed by atoms with E-state index in [0.29, 0.717) is 13.0 Å². The Balaban J connectivity index is 1.48. The number of nitrogens with zero attached hydrogens (tertiary/aromatic N) is 4. The van der Waals surface area contributed by atoms with E-state index < -0.39 is 0 Å². The summed E-state index contributed by atoms with van der Waals surface area (Å²) in [5, 5.41) is 10.3. The van der Waals surface area contributed by atoms with Crippen LogP contribution in [0.2, 0.25) is 0 Å². The number of carbonyl (C=O) groups excluding carboxylic acids is 1. The number of rotatable bonds is 5.